The van der Waals surface area contributed by atoms with Crippen molar-refractivity contribution in [3.63, 3.8) is 0 Å². The smallest absolute Gasteiger partial charge is 0.125 e. The third-order valence-corrected chi connectivity index (χ3v) is 2.67. The number of nitrogens with zero attached hydrogens (tertiary/aromatic N) is 1. The topological polar surface area (TPSA) is 29.3 Å². The molecule has 3 heteroatoms. The molecule has 0 atom stereocenters. The number of para-hydroxylation sites is 1. The van der Waals surface area contributed by atoms with Gasteiger partial charge in [-0.3, -0.25) is 4.90 Å². The zero-order chi connectivity index (χ0) is 9.97. The molecule has 1 saturated heterocycles. The Morgan fingerprint density at radius 1 is 1.36 bits per heavy atom. The molecule has 1 aromatic carbocycles. The quantitative estimate of drug-likeness (QED) is 0.738. The molecule has 2 rings (SSSR count). The fourth-order valence-electron chi connectivity index (χ4n) is 1.73. The zero-order valence-corrected chi connectivity index (χ0v) is 8.12. The van der Waals surface area contributed by atoms with Crippen LogP contribution in [0.3, 0.4) is 0 Å². The van der Waals surface area contributed by atoms with E-state index in [1.54, 1.807) is 0 Å². The van der Waals surface area contributed by atoms with E-state index in [1.165, 1.54) is 0 Å². The van der Waals surface area contributed by atoms with E-state index >= 15 is 0 Å². The Morgan fingerprint density at radius 3 is 2.71 bits per heavy atom. The molecule has 14 heavy (non-hydrogen) atoms. The van der Waals surface area contributed by atoms with Crippen LogP contribution >= 0.6 is 0 Å². The lowest BCUT2D eigenvalue weighted by molar-refractivity contribution is 0.0671. The van der Waals surface area contributed by atoms with Crippen LogP contribution in [0.4, 0.5) is 10.1 Å². The largest absolute Gasteiger partial charge is 0.399 e. The first-order chi connectivity index (χ1) is 6.75. The Morgan fingerprint density at radius 2 is 2.07 bits per heavy atom. The predicted molar refractivity (Wildman–Crippen MR) is 55.9 cm³/mol. The standard InChI is InChI=1S/C11H15FN2/c12-10-7-14(8-10)6-5-9-3-1-2-4-11(9)13/h1-4,10H,5-8,13H2. The molecule has 0 radical (unpaired) electrons. The Hall–Kier alpha value is -1.09. The molecule has 1 aliphatic rings. The van der Waals surface area contributed by atoms with E-state index in [4.69, 9.17) is 5.73 Å². The number of likely N-dealkylation sites (tertiary alicyclic amines) is 1. The first-order valence-electron chi connectivity index (χ1n) is 4.95. The van der Waals surface area contributed by atoms with Crippen molar-refractivity contribution in [2.45, 2.75) is 12.6 Å². The van der Waals surface area contributed by atoms with Crippen LogP contribution in [-0.4, -0.2) is 30.7 Å². The summed E-state index contributed by atoms with van der Waals surface area (Å²) in [6.07, 6.45) is 0.308. The molecule has 0 aliphatic carbocycles. The van der Waals surface area contributed by atoms with E-state index in [-0.39, 0.29) is 0 Å². The van der Waals surface area contributed by atoms with Gasteiger partial charge in [-0.1, -0.05) is 18.2 Å². The summed E-state index contributed by atoms with van der Waals surface area (Å²) in [5.74, 6) is 0. The Kier molecular flexibility index (Phi) is 2.68. The van der Waals surface area contributed by atoms with Crippen LogP contribution < -0.4 is 5.73 Å². The number of anilines is 1. The summed E-state index contributed by atoms with van der Waals surface area (Å²) >= 11 is 0. The van der Waals surface area contributed by atoms with Crippen molar-refractivity contribution in [1.82, 2.24) is 4.90 Å². The molecule has 2 N–H and O–H groups in total. The fraction of sp³-hybridized carbons (Fsp3) is 0.455. The minimum absolute atomic E-state index is 0.590. The Bertz CT molecular complexity index is 308. The van der Waals surface area contributed by atoms with Gasteiger partial charge in [0.25, 0.3) is 0 Å². The third kappa shape index (κ3) is 2.04. The monoisotopic (exact) mass is 194 g/mol. The number of rotatable bonds is 3. The summed E-state index contributed by atoms with van der Waals surface area (Å²) in [5.41, 5.74) is 7.80. The number of halogens is 1. The van der Waals surface area contributed by atoms with Crippen LogP contribution in [0.5, 0.6) is 0 Å². The molecule has 0 amide bonds. The molecule has 2 nitrogen and oxygen atoms in total. The van der Waals surface area contributed by atoms with Gasteiger partial charge >= 0.3 is 0 Å². The molecule has 76 valence electrons. The van der Waals surface area contributed by atoms with Crippen LogP contribution in [0, 0.1) is 0 Å². The van der Waals surface area contributed by atoms with Crippen LogP contribution in [0.2, 0.25) is 0 Å². The molecule has 1 heterocycles. The van der Waals surface area contributed by atoms with Crippen molar-refractivity contribution in [3.05, 3.63) is 29.8 Å². The highest BCUT2D eigenvalue weighted by Gasteiger charge is 2.25. The van der Waals surface area contributed by atoms with E-state index in [2.05, 4.69) is 4.90 Å². The molecule has 0 aromatic heterocycles. The van der Waals surface area contributed by atoms with Crippen LogP contribution in [0.25, 0.3) is 0 Å². The van der Waals surface area contributed by atoms with Gasteiger partial charge in [-0.25, -0.2) is 4.39 Å². The lowest BCUT2D eigenvalue weighted by Crippen LogP contribution is -2.48. The maximum atomic E-state index is 12.5. The fourth-order valence-corrected chi connectivity index (χ4v) is 1.73. The van der Waals surface area contributed by atoms with Crippen molar-refractivity contribution in [2.75, 3.05) is 25.4 Å². The maximum absolute atomic E-state index is 12.5. The van der Waals surface area contributed by atoms with Crippen molar-refractivity contribution < 1.29 is 4.39 Å². The van der Waals surface area contributed by atoms with Gasteiger partial charge in [0.2, 0.25) is 0 Å². The van der Waals surface area contributed by atoms with Gasteiger partial charge in [0.1, 0.15) is 6.17 Å². The SMILES string of the molecule is Nc1ccccc1CCN1CC(F)C1. The van der Waals surface area contributed by atoms with Gasteiger partial charge in [0.05, 0.1) is 0 Å². The molecule has 0 spiro atoms. The van der Waals surface area contributed by atoms with Crippen LogP contribution in [-0.2, 0) is 6.42 Å². The highest BCUT2D eigenvalue weighted by Crippen LogP contribution is 2.15. The number of hydrogen-bond acceptors (Lipinski definition) is 2. The molecule has 1 aliphatic heterocycles. The summed E-state index contributed by atoms with van der Waals surface area (Å²) in [6.45, 7) is 2.09. The minimum atomic E-state index is -0.608. The molecular weight excluding hydrogens is 179 g/mol. The highest BCUT2D eigenvalue weighted by molar-refractivity contribution is 5.46. The molecule has 0 bridgehead atoms. The second-order valence-electron chi connectivity index (χ2n) is 3.81. The summed E-state index contributed by atoms with van der Waals surface area (Å²) in [6, 6.07) is 7.85. The maximum Gasteiger partial charge on any atom is 0.125 e. The number of benzene rings is 1. The second-order valence-corrected chi connectivity index (χ2v) is 3.81. The molecule has 1 aromatic rings. The van der Waals surface area contributed by atoms with Crippen molar-refractivity contribution in [1.29, 1.82) is 0 Å². The van der Waals surface area contributed by atoms with Gasteiger partial charge < -0.3 is 5.73 Å². The van der Waals surface area contributed by atoms with E-state index in [0.717, 1.165) is 24.2 Å². The predicted octanol–water partition coefficient (Wildman–Crippen LogP) is 1.47. The summed E-state index contributed by atoms with van der Waals surface area (Å²) in [7, 11) is 0. The van der Waals surface area contributed by atoms with Crippen LogP contribution in [0.1, 0.15) is 5.56 Å². The molecular formula is C11H15FN2. The van der Waals surface area contributed by atoms with E-state index in [9.17, 15) is 4.39 Å². The molecule has 0 saturated carbocycles. The average molecular weight is 194 g/mol. The van der Waals surface area contributed by atoms with Gasteiger partial charge in [0.15, 0.2) is 0 Å². The Balaban J connectivity index is 1.83. The Labute approximate surface area is 83.5 Å². The van der Waals surface area contributed by atoms with Gasteiger partial charge in [-0.05, 0) is 18.1 Å². The van der Waals surface area contributed by atoms with E-state index in [1.807, 2.05) is 24.3 Å². The van der Waals surface area contributed by atoms with Crippen LogP contribution in [0.15, 0.2) is 24.3 Å². The average Bonchev–Trinajstić information content (AvgIpc) is 2.13. The van der Waals surface area contributed by atoms with Gasteiger partial charge in [-0.2, -0.15) is 0 Å². The molecule has 1 fully saturated rings. The first-order valence-corrected chi connectivity index (χ1v) is 4.95. The number of alkyl halides is 1. The lowest BCUT2D eigenvalue weighted by atomic mass is 10.1. The number of hydrogen-bond donors (Lipinski definition) is 1. The second kappa shape index (κ2) is 3.96. The first kappa shape index (κ1) is 9.46. The number of nitrogens with two attached hydrogens (primary N) is 1. The summed E-state index contributed by atoms with van der Waals surface area (Å²) in [4.78, 5) is 2.11. The zero-order valence-electron chi connectivity index (χ0n) is 8.12. The summed E-state index contributed by atoms with van der Waals surface area (Å²) < 4.78 is 12.5. The highest BCUT2D eigenvalue weighted by atomic mass is 19.1. The van der Waals surface area contributed by atoms with E-state index < -0.39 is 6.17 Å². The van der Waals surface area contributed by atoms with Gasteiger partial charge in [-0.15, -0.1) is 0 Å². The van der Waals surface area contributed by atoms with Crippen molar-refractivity contribution in [2.24, 2.45) is 0 Å². The van der Waals surface area contributed by atoms with E-state index in [0.29, 0.717) is 13.1 Å². The number of nitrogen functional groups attached to an aromatic ring is 1. The third-order valence-electron chi connectivity index (χ3n) is 2.67. The normalized spacial score (nSPS) is 18.1. The summed E-state index contributed by atoms with van der Waals surface area (Å²) in [5, 5.41) is 0. The lowest BCUT2D eigenvalue weighted by Gasteiger charge is -2.34. The van der Waals surface area contributed by atoms with Crippen molar-refractivity contribution in [3.8, 4) is 0 Å². The van der Waals surface area contributed by atoms with Gasteiger partial charge in [0, 0.05) is 25.3 Å². The molecule has 0 unspecified atom stereocenters. The van der Waals surface area contributed by atoms with Crippen molar-refractivity contribution >= 4 is 5.69 Å². The minimum Gasteiger partial charge on any atom is -0.399 e.